The average Bonchev–Trinajstić information content (AvgIpc) is 3.07. The molecule has 1 saturated carbocycles. The van der Waals surface area contributed by atoms with Gasteiger partial charge in [-0.05, 0) is 49.3 Å². The number of nitrogens with one attached hydrogen (secondary N) is 4. The normalized spacial score (nSPS) is 20.6. The van der Waals surface area contributed by atoms with Crippen LogP contribution in [0.5, 0.6) is 0 Å². The fourth-order valence-electron chi connectivity index (χ4n) is 4.63. The molecule has 1 aliphatic carbocycles. The number of H-pyrrole nitrogens is 1. The summed E-state index contributed by atoms with van der Waals surface area (Å²) in [5.41, 5.74) is -6.14. The molecule has 2 amide bonds. The Morgan fingerprint density at radius 2 is 1.75 bits per heavy atom. The molecule has 1 aromatic carbocycles. The van der Waals surface area contributed by atoms with Gasteiger partial charge in [-0.1, -0.05) is 19.3 Å². The van der Waals surface area contributed by atoms with Gasteiger partial charge in [-0.3, -0.25) is 19.4 Å². The number of fused-ring (bicyclic) bond motifs is 1. The molecule has 15 heteroatoms. The Hall–Kier alpha value is -3.04. The maximum absolute atomic E-state index is 14.6. The molecule has 0 saturated heterocycles. The van der Waals surface area contributed by atoms with Gasteiger partial charge in [0.1, 0.15) is 5.82 Å². The summed E-state index contributed by atoms with van der Waals surface area (Å²) in [4.78, 5) is 38.6. The number of rotatable bonds is 5. The Morgan fingerprint density at radius 1 is 1.14 bits per heavy atom. The van der Waals surface area contributed by atoms with Crippen molar-refractivity contribution in [3.8, 4) is 0 Å². The minimum absolute atomic E-state index is 0.166. The van der Waals surface area contributed by atoms with E-state index in [1.54, 1.807) is 0 Å². The third-order valence-corrected chi connectivity index (χ3v) is 8.00. The molecule has 10 nitrogen and oxygen atoms in total. The number of aromatic amines is 1. The van der Waals surface area contributed by atoms with E-state index in [4.69, 9.17) is 12.2 Å². The maximum Gasteiger partial charge on any atom is 0.421 e. The summed E-state index contributed by atoms with van der Waals surface area (Å²) in [5, 5.41) is 4.49. The molecule has 2 aliphatic rings. The molecule has 36 heavy (non-hydrogen) atoms. The largest absolute Gasteiger partial charge is 0.421 e. The number of hydrogen-bond acceptors (Lipinski definition) is 6. The van der Waals surface area contributed by atoms with Gasteiger partial charge in [0.25, 0.3) is 11.5 Å². The van der Waals surface area contributed by atoms with Gasteiger partial charge < -0.3 is 15.2 Å². The number of halogens is 3. The zero-order valence-electron chi connectivity index (χ0n) is 18.9. The van der Waals surface area contributed by atoms with Crippen LogP contribution in [0.3, 0.4) is 0 Å². The van der Waals surface area contributed by atoms with Crippen molar-refractivity contribution >= 4 is 45.6 Å². The monoisotopic (exact) mass is 545 g/mol. The molecular formula is C21H22F3N5O5S2. The molecule has 0 unspecified atom stereocenters. The number of nitrogens with zero attached hydrogens (tertiary/aromatic N) is 1. The zero-order valence-corrected chi connectivity index (χ0v) is 20.5. The van der Waals surface area contributed by atoms with E-state index in [0.717, 1.165) is 31.4 Å². The van der Waals surface area contributed by atoms with Crippen LogP contribution in [0, 0.1) is 4.77 Å². The van der Waals surface area contributed by atoms with Crippen LogP contribution in [0.1, 0.15) is 50.6 Å². The summed E-state index contributed by atoms with van der Waals surface area (Å²) in [6.45, 7) is 1.22. The fraction of sp³-hybridized carbons (Fsp3) is 0.429. The lowest BCUT2D eigenvalue weighted by atomic mass is 9.92. The number of carbonyl (C=O) groups is 2. The zero-order chi connectivity index (χ0) is 26.5. The van der Waals surface area contributed by atoms with E-state index >= 15 is 0 Å². The van der Waals surface area contributed by atoms with Gasteiger partial charge in [0.2, 0.25) is 21.5 Å². The van der Waals surface area contributed by atoms with Crippen molar-refractivity contribution in [1.29, 1.82) is 0 Å². The summed E-state index contributed by atoms with van der Waals surface area (Å²) in [7, 11) is -5.00. The van der Waals surface area contributed by atoms with Gasteiger partial charge in [0.05, 0.1) is 10.5 Å². The van der Waals surface area contributed by atoms with Gasteiger partial charge in [-0.2, -0.15) is 17.9 Å². The Bertz CT molecular complexity index is 1440. The Morgan fingerprint density at radius 3 is 2.31 bits per heavy atom. The highest BCUT2D eigenvalue weighted by atomic mass is 32.2. The van der Waals surface area contributed by atoms with Crippen LogP contribution >= 0.6 is 12.2 Å². The molecule has 1 fully saturated rings. The van der Waals surface area contributed by atoms with E-state index in [1.165, 1.54) is 28.3 Å². The first-order valence-electron chi connectivity index (χ1n) is 11.0. The van der Waals surface area contributed by atoms with Gasteiger partial charge in [-0.25, -0.2) is 8.42 Å². The van der Waals surface area contributed by atoms with Crippen molar-refractivity contribution in [3.63, 3.8) is 0 Å². The number of benzene rings is 1. The van der Waals surface area contributed by atoms with Crippen LogP contribution in [0.15, 0.2) is 34.0 Å². The van der Waals surface area contributed by atoms with Crippen LogP contribution in [0.2, 0.25) is 0 Å². The summed E-state index contributed by atoms with van der Waals surface area (Å²) in [6.07, 6.45) is -1.93. The number of alkyl halides is 3. The van der Waals surface area contributed by atoms with Crippen LogP contribution in [-0.2, 0) is 25.2 Å². The molecule has 2 heterocycles. The third-order valence-electron chi connectivity index (χ3n) is 6.23. The SMILES string of the molecule is CC(=O)Nc1ccc(S(=O)(=O)N[C@@]2(C(F)(F)F)C(=O)Nc3c2c(=O)[nH]c(=S)n3C2CCCCC2)cc1. The molecule has 0 spiro atoms. The lowest BCUT2D eigenvalue weighted by Crippen LogP contribution is -2.61. The van der Waals surface area contributed by atoms with E-state index in [9.17, 15) is 36.0 Å². The van der Waals surface area contributed by atoms with Crippen molar-refractivity contribution in [2.24, 2.45) is 0 Å². The quantitative estimate of drug-likeness (QED) is 0.426. The second-order valence-corrected chi connectivity index (χ2v) is 10.7. The van der Waals surface area contributed by atoms with E-state index in [2.05, 4.69) is 15.6 Å². The topological polar surface area (TPSA) is 142 Å². The average molecular weight is 546 g/mol. The molecule has 0 radical (unpaired) electrons. The second kappa shape index (κ2) is 9.12. The second-order valence-electron chi connectivity index (χ2n) is 8.66. The fourth-order valence-corrected chi connectivity index (χ4v) is 6.29. The highest BCUT2D eigenvalue weighted by Gasteiger charge is 2.69. The van der Waals surface area contributed by atoms with Crippen molar-refractivity contribution in [1.82, 2.24) is 14.3 Å². The predicted octanol–water partition coefficient (Wildman–Crippen LogP) is 3.06. The highest BCUT2D eigenvalue weighted by Crippen LogP contribution is 2.47. The van der Waals surface area contributed by atoms with Crippen LogP contribution in [0.25, 0.3) is 0 Å². The molecule has 1 atom stereocenters. The lowest BCUT2D eigenvalue weighted by Gasteiger charge is -2.30. The summed E-state index contributed by atoms with van der Waals surface area (Å²) in [5.74, 6) is -2.67. The summed E-state index contributed by atoms with van der Waals surface area (Å²) in [6, 6.07) is 3.89. The first-order valence-corrected chi connectivity index (χ1v) is 12.9. The van der Waals surface area contributed by atoms with Gasteiger partial charge >= 0.3 is 6.18 Å². The van der Waals surface area contributed by atoms with Gasteiger partial charge in [-0.15, -0.1) is 0 Å². The van der Waals surface area contributed by atoms with E-state index < -0.39 is 55.4 Å². The van der Waals surface area contributed by atoms with Crippen molar-refractivity contribution in [2.75, 3.05) is 10.6 Å². The molecule has 4 rings (SSSR count). The van der Waals surface area contributed by atoms with Crippen molar-refractivity contribution in [3.05, 3.63) is 45.0 Å². The highest BCUT2D eigenvalue weighted by molar-refractivity contribution is 7.89. The number of sulfonamides is 1. The van der Waals surface area contributed by atoms with Crippen molar-refractivity contribution in [2.45, 2.75) is 61.7 Å². The Balaban J connectivity index is 1.87. The van der Waals surface area contributed by atoms with Crippen LogP contribution < -0.4 is 20.9 Å². The Kier molecular flexibility index (Phi) is 6.59. The van der Waals surface area contributed by atoms with Gasteiger partial charge in [0, 0.05) is 18.7 Å². The van der Waals surface area contributed by atoms with Crippen molar-refractivity contribution < 1.29 is 31.2 Å². The minimum Gasteiger partial charge on any atom is -0.326 e. The first-order chi connectivity index (χ1) is 16.8. The van der Waals surface area contributed by atoms with Crippen LogP contribution in [0.4, 0.5) is 24.7 Å². The number of aromatic nitrogens is 2. The summed E-state index contributed by atoms with van der Waals surface area (Å²) < 4.78 is 72.6. The van der Waals surface area contributed by atoms with E-state index in [-0.39, 0.29) is 16.5 Å². The van der Waals surface area contributed by atoms with E-state index in [1.807, 2.05) is 0 Å². The third kappa shape index (κ3) is 4.35. The number of hydrogen-bond donors (Lipinski definition) is 4. The Labute approximate surface area is 208 Å². The molecule has 1 aromatic heterocycles. The lowest BCUT2D eigenvalue weighted by molar-refractivity contribution is -0.194. The molecule has 194 valence electrons. The molecule has 4 N–H and O–H groups in total. The number of amides is 2. The number of anilines is 2. The summed E-state index contributed by atoms with van der Waals surface area (Å²) >= 11 is 5.20. The minimum atomic E-state index is -5.54. The smallest absolute Gasteiger partial charge is 0.326 e. The number of carbonyl (C=O) groups excluding carboxylic acids is 2. The van der Waals surface area contributed by atoms with Crippen LogP contribution in [-0.4, -0.2) is 36.0 Å². The first kappa shape index (κ1) is 26.0. The van der Waals surface area contributed by atoms with E-state index in [0.29, 0.717) is 12.8 Å². The molecule has 0 bridgehead atoms. The molecule has 1 aliphatic heterocycles. The molecule has 2 aromatic rings. The van der Waals surface area contributed by atoms with Gasteiger partial charge in [0.15, 0.2) is 4.77 Å². The standard InChI is InChI=1S/C21H22F3N5O5S2/c1-11(30)25-12-7-9-14(10-8-12)36(33,34)28-20(21(22,23)24)15-16(26-18(20)32)29(19(35)27-17(15)31)13-5-3-2-4-6-13/h7-10,13,28H,2-6H2,1H3,(H,25,30)(H,26,32)(H,27,31,35)/t20-/m1/s1. The maximum atomic E-state index is 14.6. The predicted molar refractivity (Wildman–Crippen MR) is 125 cm³/mol. The molecular weight excluding hydrogens is 523 g/mol.